The van der Waals surface area contributed by atoms with Gasteiger partial charge in [-0.15, -0.1) is 0 Å². The summed E-state index contributed by atoms with van der Waals surface area (Å²) >= 11 is 6.46. The van der Waals surface area contributed by atoms with Gasteiger partial charge in [0.05, 0.1) is 21.8 Å². The molecule has 0 atom stereocenters. The average molecular weight is 584 g/mol. The number of carbonyl (C=O) groups is 2. The van der Waals surface area contributed by atoms with Gasteiger partial charge in [-0.2, -0.15) is 26.3 Å². The largest absolute Gasteiger partial charge is 0.416 e. The number of amides is 2. The van der Waals surface area contributed by atoms with Crippen LogP contribution in [0, 0.1) is 0 Å². The third kappa shape index (κ3) is 4.93. The van der Waals surface area contributed by atoms with Crippen LogP contribution in [0.4, 0.5) is 38.0 Å². The summed E-state index contributed by atoms with van der Waals surface area (Å²) in [5, 5.41) is 0.368. The molecule has 40 heavy (non-hydrogen) atoms. The Labute approximate surface area is 229 Å². The molecule has 0 saturated carbocycles. The molecule has 2 saturated heterocycles. The number of anilines is 2. The lowest BCUT2D eigenvalue weighted by Gasteiger charge is -2.43. The summed E-state index contributed by atoms with van der Waals surface area (Å²) in [5.74, 6) is -1.20. The van der Waals surface area contributed by atoms with Gasteiger partial charge >= 0.3 is 12.4 Å². The molecule has 2 fully saturated rings. The van der Waals surface area contributed by atoms with E-state index in [9.17, 15) is 35.9 Å². The molecule has 210 valence electrons. The normalized spacial score (nSPS) is 17.6. The number of nitrogens with zero attached hydrogens (tertiary/aromatic N) is 5. The summed E-state index contributed by atoms with van der Waals surface area (Å²) in [5.41, 5.74) is -4.55. The van der Waals surface area contributed by atoms with Crippen LogP contribution in [0.2, 0.25) is 5.02 Å². The molecule has 7 nitrogen and oxygen atoms in total. The van der Waals surface area contributed by atoms with Gasteiger partial charge in [0.15, 0.2) is 0 Å². The van der Waals surface area contributed by atoms with Crippen molar-refractivity contribution < 1.29 is 35.9 Å². The van der Waals surface area contributed by atoms with Gasteiger partial charge in [0, 0.05) is 31.0 Å². The molecule has 1 spiro atoms. The first-order chi connectivity index (χ1) is 18.8. The Morgan fingerprint density at radius 2 is 1.45 bits per heavy atom. The maximum Gasteiger partial charge on any atom is 0.416 e. The molecule has 3 heterocycles. The third-order valence-corrected chi connectivity index (χ3v) is 7.41. The minimum atomic E-state index is -5.09. The van der Waals surface area contributed by atoms with Gasteiger partial charge in [0.1, 0.15) is 12.2 Å². The van der Waals surface area contributed by atoms with E-state index >= 15 is 0 Å². The zero-order valence-electron chi connectivity index (χ0n) is 20.5. The Bertz CT molecular complexity index is 1410. The Balaban J connectivity index is 1.46. The number of hydrogen-bond acceptors (Lipinski definition) is 5. The summed E-state index contributed by atoms with van der Waals surface area (Å²) in [4.78, 5) is 39.7. The Kier molecular flexibility index (Phi) is 6.89. The quantitative estimate of drug-likeness (QED) is 0.373. The number of para-hydroxylation sites is 1. The number of alkyl halides is 6. The fraction of sp³-hybridized carbons (Fsp3) is 0.308. The number of benzene rings is 2. The van der Waals surface area contributed by atoms with Crippen molar-refractivity contribution in [3.63, 3.8) is 0 Å². The van der Waals surface area contributed by atoms with E-state index in [0.717, 1.165) is 4.90 Å². The summed E-state index contributed by atoms with van der Waals surface area (Å²) < 4.78 is 80.0. The van der Waals surface area contributed by atoms with Crippen LogP contribution in [0.1, 0.15) is 34.3 Å². The maximum absolute atomic E-state index is 13.8. The molecular weight excluding hydrogens is 564 g/mol. The van der Waals surface area contributed by atoms with Crippen molar-refractivity contribution in [1.82, 2.24) is 14.9 Å². The molecule has 3 aromatic rings. The number of likely N-dealkylation sites (tertiary alicyclic amines) is 1. The summed E-state index contributed by atoms with van der Waals surface area (Å²) in [6.45, 7) is -0.164. The SMILES string of the molecule is O=C(c1cc(C(F)(F)F)cc(C(F)(F)F)c1)N1CCC2(CC1)C(=O)N(c1ncccn1)CN2c1ccccc1Cl. The van der Waals surface area contributed by atoms with Crippen LogP contribution in [-0.4, -0.2) is 52.0 Å². The predicted molar refractivity (Wildman–Crippen MR) is 133 cm³/mol. The van der Waals surface area contributed by atoms with Crippen molar-refractivity contribution in [3.05, 3.63) is 82.6 Å². The van der Waals surface area contributed by atoms with Crippen LogP contribution in [0.5, 0.6) is 0 Å². The number of halogens is 7. The third-order valence-electron chi connectivity index (χ3n) is 7.09. The highest BCUT2D eigenvalue weighted by atomic mass is 35.5. The Morgan fingerprint density at radius 1 is 0.875 bits per heavy atom. The van der Waals surface area contributed by atoms with Crippen molar-refractivity contribution in [2.24, 2.45) is 0 Å². The molecule has 5 rings (SSSR count). The van der Waals surface area contributed by atoms with Gasteiger partial charge in [0.25, 0.3) is 11.8 Å². The molecule has 14 heteroatoms. The second kappa shape index (κ2) is 9.95. The Morgan fingerprint density at radius 3 is 2.00 bits per heavy atom. The standard InChI is InChI=1S/C26H20ClF6N5O2/c27-19-4-1-2-5-20(19)38-15-37(23-34-8-3-9-35-23)22(40)24(38)6-10-36(11-7-24)21(39)16-12-17(25(28,29)30)14-18(13-16)26(31,32)33/h1-5,8-9,12-14H,6-7,10-11,15H2. The lowest BCUT2D eigenvalue weighted by atomic mass is 9.85. The molecule has 2 aliphatic rings. The van der Waals surface area contributed by atoms with Crippen molar-refractivity contribution in [3.8, 4) is 0 Å². The molecule has 2 aromatic carbocycles. The molecule has 0 N–H and O–H groups in total. The van der Waals surface area contributed by atoms with E-state index in [1.165, 1.54) is 17.3 Å². The maximum atomic E-state index is 13.8. The van der Waals surface area contributed by atoms with Crippen LogP contribution in [0.3, 0.4) is 0 Å². The molecular formula is C26H20ClF6N5O2. The van der Waals surface area contributed by atoms with E-state index in [1.54, 1.807) is 35.2 Å². The fourth-order valence-electron chi connectivity index (χ4n) is 5.09. The van der Waals surface area contributed by atoms with Gasteiger partial charge in [-0.05, 0) is 49.2 Å². The molecule has 2 aliphatic heterocycles. The van der Waals surface area contributed by atoms with E-state index in [1.807, 2.05) is 0 Å². The van der Waals surface area contributed by atoms with Crippen molar-refractivity contribution in [1.29, 1.82) is 0 Å². The molecule has 0 aliphatic carbocycles. The fourth-order valence-corrected chi connectivity index (χ4v) is 5.33. The van der Waals surface area contributed by atoms with Crippen molar-refractivity contribution in [2.75, 3.05) is 29.6 Å². The molecule has 0 radical (unpaired) electrons. The highest BCUT2D eigenvalue weighted by Crippen LogP contribution is 2.43. The van der Waals surface area contributed by atoms with Crippen molar-refractivity contribution in [2.45, 2.75) is 30.7 Å². The van der Waals surface area contributed by atoms with Crippen molar-refractivity contribution >= 4 is 35.1 Å². The first-order valence-electron chi connectivity index (χ1n) is 12.0. The van der Waals surface area contributed by atoms with Gasteiger partial charge < -0.3 is 9.80 Å². The van der Waals surface area contributed by atoms with Gasteiger partial charge in [-0.3, -0.25) is 14.5 Å². The molecule has 0 unspecified atom stereocenters. The van der Waals surface area contributed by atoms with Crippen LogP contribution < -0.4 is 9.80 Å². The topological polar surface area (TPSA) is 69.6 Å². The highest BCUT2D eigenvalue weighted by Gasteiger charge is 2.55. The highest BCUT2D eigenvalue weighted by molar-refractivity contribution is 6.33. The summed E-state index contributed by atoms with van der Waals surface area (Å²) in [7, 11) is 0. The van der Waals surface area contributed by atoms with E-state index in [-0.39, 0.29) is 50.5 Å². The first-order valence-corrected chi connectivity index (χ1v) is 12.4. The Hall–Kier alpha value is -3.87. The molecule has 2 amide bonds. The van der Waals surface area contributed by atoms with E-state index in [0.29, 0.717) is 22.8 Å². The minimum absolute atomic E-state index is 0.0269. The van der Waals surface area contributed by atoms with Gasteiger partial charge in [0.2, 0.25) is 5.95 Å². The van der Waals surface area contributed by atoms with Crippen LogP contribution in [0.25, 0.3) is 0 Å². The lowest BCUT2D eigenvalue weighted by Crippen LogP contribution is -2.57. The molecule has 0 bridgehead atoms. The summed E-state index contributed by atoms with van der Waals surface area (Å²) in [6, 6.07) is 9.23. The van der Waals surface area contributed by atoms with Gasteiger partial charge in [-0.1, -0.05) is 23.7 Å². The lowest BCUT2D eigenvalue weighted by molar-refractivity contribution is -0.143. The van der Waals surface area contributed by atoms with E-state index in [4.69, 9.17) is 11.6 Å². The second-order valence-electron chi connectivity index (χ2n) is 9.42. The number of hydrogen-bond donors (Lipinski definition) is 0. The zero-order chi connectivity index (χ0) is 28.9. The smallest absolute Gasteiger partial charge is 0.338 e. The second-order valence-corrected chi connectivity index (χ2v) is 9.83. The average Bonchev–Trinajstić information content (AvgIpc) is 3.19. The van der Waals surface area contributed by atoms with E-state index < -0.39 is 40.5 Å². The van der Waals surface area contributed by atoms with Crippen LogP contribution in [-0.2, 0) is 17.1 Å². The number of piperidine rings is 1. The minimum Gasteiger partial charge on any atom is -0.338 e. The number of carbonyl (C=O) groups excluding carboxylic acids is 2. The van der Waals surface area contributed by atoms with Gasteiger partial charge in [-0.25, -0.2) is 9.97 Å². The van der Waals surface area contributed by atoms with Crippen LogP contribution in [0.15, 0.2) is 60.9 Å². The number of aromatic nitrogens is 2. The number of rotatable bonds is 3. The monoisotopic (exact) mass is 583 g/mol. The molecule has 1 aromatic heterocycles. The zero-order valence-corrected chi connectivity index (χ0v) is 21.3. The first kappa shape index (κ1) is 27.7. The predicted octanol–water partition coefficient (Wildman–Crippen LogP) is 5.65. The van der Waals surface area contributed by atoms with E-state index in [2.05, 4.69) is 9.97 Å². The van der Waals surface area contributed by atoms with Crippen LogP contribution >= 0.6 is 11.6 Å². The summed E-state index contributed by atoms with van der Waals surface area (Å²) in [6.07, 6.45) is -7.14.